The number of nitrogens with one attached hydrogen (secondary N) is 2. The first-order chi connectivity index (χ1) is 16.7. The van der Waals surface area contributed by atoms with Crippen molar-refractivity contribution in [3.63, 3.8) is 0 Å². The number of carbonyl (C=O) groups is 1. The predicted molar refractivity (Wildman–Crippen MR) is 143 cm³/mol. The van der Waals surface area contributed by atoms with Gasteiger partial charge in [-0.1, -0.05) is 0 Å². The Kier molecular flexibility index (Phi) is 10.6. The summed E-state index contributed by atoms with van der Waals surface area (Å²) < 4.78 is 20.2. The molecule has 1 atom stereocenters. The standard InChI is InChI=1S/C27H46N4O3S/c1-19-17-25(34-6)18-20(2)27(19)35(33)31(5)16-15-26(32)29-23-9-7-21(8-10-23)28-22-11-13-24(14-12-22)30(3)4/h17-18,21-24,28H,7-16H2,1-6H3,(H,29,32). The summed E-state index contributed by atoms with van der Waals surface area (Å²) in [6.45, 7) is 4.35. The lowest BCUT2D eigenvalue weighted by molar-refractivity contribution is -0.122. The van der Waals surface area contributed by atoms with Crippen molar-refractivity contribution in [1.29, 1.82) is 0 Å². The van der Waals surface area contributed by atoms with Crippen LogP contribution in [0.15, 0.2) is 17.0 Å². The molecule has 2 aliphatic rings. The van der Waals surface area contributed by atoms with E-state index < -0.39 is 11.0 Å². The molecule has 0 aromatic heterocycles. The van der Waals surface area contributed by atoms with Crippen LogP contribution in [0.5, 0.6) is 5.75 Å². The molecule has 1 unspecified atom stereocenters. The summed E-state index contributed by atoms with van der Waals surface area (Å²) in [6.07, 6.45) is 9.76. The molecular weight excluding hydrogens is 460 g/mol. The highest BCUT2D eigenvalue weighted by molar-refractivity contribution is 7.82. The zero-order valence-electron chi connectivity index (χ0n) is 22.6. The topological polar surface area (TPSA) is 73.9 Å². The molecule has 35 heavy (non-hydrogen) atoms. The number of ether oxygens (including phenoxy) is 1. The monoisotopic (exact) mass is 506 g/mol. The first-order valence-electron chi connectivity index (χ1n) is 13.2. The molecule has 1 aromatic carbocycles. The zero-order valence-corrected chi connectivity index (χ0v) is 23.4. The van der Waals surface area contributed by atoms with Gasteiger partial charge in [-0.2, -0.15) is 0 Å². The molecule has 2 saturated carbocycles. The van der Waals surface area contributed by atoms with Crippen molar-refractivity contribution in [3.05, 3.63) is 23.3 Å². The number of nitrogens with zero attached hydrogens (tertiary/aromatic N) is 2. The Balaban J connectivity index is 1.37. The number of carbonyl (C=O) groups excluding carboxylic acids is 1. The Morgan fingerprint density at radius 1 is 0.943 bits per heavy atom. The van der Waals surface area contributed by atoms with Gasteiger partial charge in [0.05, 0.1) is 12.0 Å². The fraction of sp³-hybridized carbons (Fsp3) is 0.741. The highest BCUT2D eigenvalue weighted by atomic mass is 32.2. The summed E-state index contributed by atoms with van der Waals surface area (Å²) in [5.41, 5.74) is 1.88. The van der Waals surface area contributed by atoms with Crippen molar-refractivity contribution >= 4 is 16.9 Å². The van der Waals surface area contributed by atoms with Gasteiger partial charge in [0.25, 0.3) is 0 Å². The van der Waals surface area contributed by atoms with Gasteiger partial charge in [-0.15, -0.1) is 0 Å². The van der Waals surface area contributed by atoms with Crippen molar-refractivity contribution in [3.8, 4) is 5.75 Å². The smallest absolute Gasteiger partial charge is 0.221 e. The van der Waals surface area contributed by atoms with Gasteiger partial charge in [-0.3, -0.25) is 4.79 Å². The molecule has 0 bridgehead atoms. The molecule has 1 aromatic rings. The van der Waals surface area contributed by atoms with Gasteiger partial charge in [0.1, 0.15) is 16.7 Å². The minimum Gasteiger partial charge on any atom is -0.497 e. The largest absolute Gasteiger partial charge is 0.497 e. The fourth-order valence-electron chi connectivity index (χ4n) is 5.60. The van der Waals surface area contributed by atoms with Gasteiger partial charge >= 0.3 is 0 Å². The quantitative estimate of drug-likeness (QED) is 0.508. The van der Waals surface area contributed by atoms with Gasteiger partial charge in [0.15, 0.2) is 0 Å². The molecule has 198 valence electrons. The number of hydrogen-bond acceptors (Lipinski definition) is 5. The van der Waals surface area contributed by atoms with Crippen LogP contribution < -0.4 is 15.4 Å². The molecular formula is C27H46N4O3S. The van der Waals surface area contributed by atoms with Gasteiger partial charge in [0.2, 0.25) is 5.91 Å². The number of rotatable bonds is 10. The second-order valence-corrected chi connectivity index (χ2v) is 12.2. The van der Waals surface area contributed by atoms with Crippen molar-refractivity contribution in [2.45, 2.75) is 101 Å². The van der Waals surface area contributed by atoms with Crippen LogP contribution in [-0.4, -0.2) is 78.3 Å². The molecule has 0 saturated heterocycles. The maximum Gasteiger partial charge on any atom is 0.221 e. The highest BCUT2D eigenvalue weighted by Crippen LogP contribution is 2.27. The lowest BCUT2D eigenvalue weighted by atomic mass is 9.87. The predicted octanol–water partition coefficient (Wildman–Crippen LogP) is 3.55. The Morgan fingerprint density at radius 2 is 1.46 bits per heavy atom. The average molecular weight is 507 g/mol. The Hall–Kier alpha value is -1.48. The van der Waals surface area contributed by atoms with Crippen LogP contribution >= 0.6 is 0 Å². The molecule has 2 fully saturated rings. The third-order valence-electron chi connectivity index (χ3n) is 7.77. The molecule has 0 aliphatic heterocycles. The molecule has 7 nitrogen and oxygen atoms in total. The van der Waals surface area contributed by atoms with Crippen molar-refractivity contribution in [2.24, 2.45) is 0 Å². The maximum absolute atomic E-state index is 13.1. The van der Waals surface area contributed by atoms with E-state index in [0.29, 0.717) is 25.0 Å². The first kappa shape index (κ1) is 28.1. The second kappa shape index (κ2) is 13.2. The van der Waals surface area contributed by atoms with E-state index in [9.17, 15) is 9.00 Å². The van der Waals surface area contributed by atoms with Gasteiger partial charge < -0.3 is 20.3 Å². The maximum atomic E-state index is 13.1. The van der Waals surface area contributed by atoms with Gasteiger partial charge in [0, 0.05) is 44.2 Å². The van der Waals surface area contributed by atoms with Crippen molar-refractivity contribution in [1.82, 2.24) is 19.8 Å². The van der Waals surface area contributed by atoms with Gasteiger partial charge in [-0.05, 0) is 103 Å². The van der Waals surface area contributed by atoms with Crippen LogP contribution in [0.25, 0.3) is 0 Å². The number of hydrogen-bond donors (Lipinski definition) is 2. The van der Waals surface area contributed by atoms with E-state index >= 15 is 0 Å². The highest BCUT2D eigenvalue weighted by Gasteiger charge is 2.27. The summed E-state index contributed by atoms with van der Waals surface area (Å²) in [5, 5.41) is 7.11. The molecule has 2 aliphatic carbocycles. The molecule has 0 spiro atoms. The second-order valence-electron chi connectivity index (χ2n) is 10.7. The summed E-state index contributed by atoms with van der Waals surface area (Å²) >= 11 is 0. The van der Waals surface area contributed by atoms with Crippen molar-refractivity contribution < 1.29 is 13.7 Å². The summed E-state index contributed by atoms with van der Waals surface area (Å²) in [5.74, 6) is 0.819. The van der Waals surface area contributed by atoms with E-state index in [-0.39, 0.29) is 11.9 Å². The van der Waals surface area contributed by atoms with E-state index in [0.717, 1.165) is 53.5 Å². The molecule has 0 heterocycles. The van der Waals surface area contributed by atoms with E-state index in [4.69, 9.17) is 4.74 Å². The molecule has 0 radical (unpaired) electrons. The number of methoxy groups -OCH3 is 1. The molecule has 8 heteroatoms. The van der Waals surface area contributed by atoms with E-state index in [2.05, 4.69) is 29.6 Å². The number of amides is 1. The average Bonchev–Trinajstić information content (AvgIpc) is 2.83. The summed E-state index contributed by atoms with van der Waals surface area (Å²) in [4.78, 5) is 15.8. The summed E-state index contributed by atoms with van der Waals surface area (Å²) in [7, 11) is 6.52. The van der Waals surface area contributed by atoms with Crippen LogP contribution in [0.1, 0.15) is 68.9 Å². The van der Waals surface area contributed by atoms with Crippen LogP contribution in [0.4, 0.5) is 0 Å². The molecule has 3 rings (SSSR count). The Morgan fingerprint density at radius 3 is 1.97 bits per heavy atom. The number of aryl methyl sites for hydroxylation is 2. The van der Waals surface area contributed by atoms with Crippen LogP contribution in [0, 0.1) is 13.8 Å². The molecule has 1 amide bonds. The third-order valence-corrected chi connectivity index (χ3v) is 9.51. The lowest BCUT2D eigenvalue weighted by Crippen LogP contribution is -2.47. The Labute approximate surface area is 214 Å². The minimum absolute atomic E-state index is 0.0513. The van der Waals surface area contributed by atoms with Crippen LogP contribution in [-0.2, 0) is 15.8 Å². The minimum atomic E-state index is -1.31. The van der Waals surface area contributed by atoms with E-state index in [1.807, 2.05) is 33.0 Å². The number of benzene rings is 1. The fourth-order valence-corrected chi connectivity index (χ4v) is 6.84. The van der Waals surface area contributed by atoms with E-state index in [1.165, 1.54) is 25.7 Å². The van der Waals surface area contributed by atoms with Crippen LogP contribution in [0.3, 0.4) is 0 Å². The third kappa shape index (κ3) is 8.00. The van der Waals surface area contributed by atoms with Crippen molar-refractivity contribution in [2.75, 3.05) is 34.8 Å². The van der Waals surface area contributed by atoms with Gasteiger partial charge in [-0.25, -0.2) is 8.51 Å². The lowest BCUT2D eigenvalue weighted by Gasteiger charge is -2.37. The van der Waals surface area contributed by atoms with E-state index in [1.54, 1.807) is 11.4 Å². The zero-order chi connectivity index (χ0) is 25.5. The first-order valence-corrected chi connectivity index (χ1v) is 14.3. The normalized spacial score (nSPS) is 26.1. The Bertz CT molecular complexity index is 839. The summed E-state index contributed by atoms with van der Waals surface area (Å²) in [6, 6.07) is 6.03. The van der Waals surface area contributed by atoms with Crippen LogP contribution in [0.2, 0.25) is 0 Å². The SMILES string of the molecule is COc1cc(C)c(S(=O)N(C)CCC(=O)NC2CCC(NC3CCC(N(C)C)CC3)CC2)c(C)c1. The molecule has 2 N–H and O–H groups in total.